The minimum atomic E-state index is 1.10. The van der Waals surface area contributed by atoms with Gasteiger partial charge < -0.3 is 0 Å². The van der Waals surface area contributed by atoms with Crippen molar-refractivity contribution in [3.05, 3.63) is 59.7 Å². The minimum Gasteiger partial charge on any atom is -0.299 e. The van der Waals surface area contributed by atoms with Gasteiger partial charge in [0.1, 0.15) is 0 Å². The molecule has 128 valence electrons. The molecular weight excluding hydrogens is 290 g/mol. The summed E-state index contributed by atoms with van der Waals surface area (Å²) in [6, 6.07) is 18.1. The molecule has 2 aromatic carbocycles. The second-order valence-electron chi connectivity index (χ2n) is 7.15. The van der Waals surface area contributed by atoms with Crippen molar-refractivity contribution < 1.29 is 0 Å². The van der Waals surface area contributed by atoms with E-state index in [4.69, 9.17) is 0 Å². The van der Waals surface area contributed by atoms with Crippen molar-refractivity contribution in [1.82, 2.24) is 4.90 Å². The summed E-state index contributed by atoms with van der Waals surface area (Å²) in [7, 11) is 0. The zero-order chi connectivity index (χ0) is 16.6. The Kier molecular flexibility index (Phi) is 6.48. The van der Waals surface area contributed by atoms with E-state index in [-0.39, 0.29) is 0 Å². The molecule has 0 N–H and O–H groups in total. The fourth-order valence-electron chi connectivity index (χ4n) is 3.74. The van der Waals surface area contributed by atoms with Crippen LogP contribution in [0.2, 0.25) is 0 Å². The molecule has 1 heteroatoms. The molecule has 3 rings (SSSR count). The Morgan fingerprint density at radius 1 is 0.875 bits per heavy atom. The molecule has 0 atom stereocenters. The monoisotopic (exact) mass is 321 g/mol. The van der Waals surface area contributed by atoms with Gasteiger partial charge in [0, 0.05) is 6.54 Å². The average Bonchev–Trinajstić information content (AvgIpc) is 2.65. The second kappa shape index (κ2) is 9.03. The summed E-state index contributed by atoms with van der Waals surface area (Å²) < 4.78 is 0. The average molecular weight is 322 g/mol. The van der Waals surface area contributed by atoms with Crippen LogP contribution < -0.4 is 0 Å². The van der Waals surface area contributed by atoms with E-state index in [2.05, 4.69) is 60.4 Å². The molecule has 1 aliphatic rings. The Labute approximate surface area is 147 Å². The third-order valence-electron chi connectivity index (χ3n) is 5.17. The number of aryl methyl sites for hydroxylation is 1. The van der Waals surface area contributed by atoms with Crippen LogP contribution in [0.5, 0.6) is 0 Å². The Morgan fingerprint density at radius 2 is 1.67 bits per heavy atom. The number of piperidine rings is 1. The van der Waals surface area contributed by atoms with Crippen molar-refractivity contribution in [2.45, 2.75) is 58.4 Å². The number of nitrogens with zero attached hydrogens (tertiary/aromatic N) is 1. The first-order chi connectivity index (χ1) is 11.9. The summed E-state index contributed by atoms with van der Waals surface area (Å²) in [5, 5.41) is 0. The highest BCUT2D eigenvalue weighted by atomic mass is 15.1. The van der Waals surface area contributed by atoms with Crippen molar-refractivity contribution in [2.75, 3.05) is 13.1 Å². The molecule has 0 spiro atoms. The van der Waals surface area contributed by atoms with Crippen LogP contribution in [0.25, 0.3) is 11.1 Å². The van der Waals surface area contributed by atoms with Gasteiger partial charge in [0.25, 0.3) is 0 Å². The van der Waals surface area contributed by atoms with Gasteiger partial charge in [0.05, 0.1) is 0 Å². The van der Waals surface area contributed by atoms with Gasteiger partial charge in [-0.05, 0) is 61.0 Å². The lowest BCUT2D eigenvalue weighted by molar-refractivity contribution is 0.221. The number of rotatable bonds is 7. The maximum atomic E-state index is 2.63. The molecule has 0 aliphatic carbocycles. The van der Waals surface area contributed by atoms with Crippen molar-refractivity contribution in [3.63, 3.8) is 0 Å². The Bertz CT molecular complexity index is 611. The highest BCUT2D eigenvalue weighted by Crippen LogP contribution is 2.27. The van der Waals surface area contributed by atoms with Crippen LogP contribution in [0.1, 0.15) is 56.6 Å². The molecule has 1 fully saturated rings. The molecule has 2 aromatic rings. The van der Waals surface area contributed by atoms with Gasteiger partial charge in [-0.25, -0.2) is 0 Å². The van der Waals surface area contributed by atoms with Gasteiger partial charge in [-0.2, -0.15) is 0 Å². The first-order valence-electron chi connectivity index (χ1n) is 9.76. The van der Waals surface area contributed by atoms with Crippen molar-refractivity contribution in [2.24, 2.45) is 0 Å². The molecule has 0 unspecified atom stereocenters. The SMILES string of the molecule is CCCCCc1ccc(CN2CCCCC2)c(-c2ccccc2)c1. The van der Waals surface area contributed by atoms with Crippen LogP contribution in [0.4, 0.5) is 0 Å². The van der Waals surface area contributed by atoms with Gasteiger partial charge in [-0.1, -0.05) is 74.7 Å². The predicted octanol–water partition coefficient (Wildman–Crippen LogP) is 6.07. The van der Waals surface area contributed by atoms with E-state index in [0.717, 1.165) is 6.54 Å². The molecule has 24 heavy (non-hydrogen) atoms. The van der Waals surface area contributed by atoms with E-state index >= 15 is 0 Å². The molecule has 0 saturated carbocycles. The van der Waals surface area contributed by atoms with E-state index in [1.165, 1.54) is 80.3 Å². The largest absolute Gasteiger partial charge is 0.299 e. The summed E-state index contributed by atoms with van der Waals surface area (Å²) in [5.74, 6) is 0. The topological polar surface area (TPSA) is 3.24 Å². The predicted molar refractivity (Wildman–Crippen MR) is 104 cm³/mol. The number of unbranched alkanes of at least 4 members (excludes halogenated alkanes) is 2. The highest BCUT2D eigenvalue weighted by Gasteiger charge is 2.13. The van der Waals surface area contributed by atoms with Crippen molar-refractivity contribution in [1.29, 1.82) is 0 Å². The molecule has 0 bridgehead atoms. The van der Waals surface area contributed by atoms with Crippen LogP contribution in [0.3, 0.4) is 0 Å². The molecule has 1 aliphatic heterocycles. The second-order valence-corrected chi connectivity index (χ2v) is 7.15. The molecule has 0 aromatic heterocycles. The number of hydrogen-bond acceptors (Lipinski definition) is 1. The Balaban J connectivity index is 1.83. The van der Waals surface area contributed by atoms with Gasteiger partial charge in [0.2, 0.25) is 0 Å². The molecule has 0 radical (unpaired) electrons. The van der Waals surface area contributed by atoms with Crippen LogP contribution in [0.15, 0.2) is 48.5 Å². The number of benzene rings is 2. The molecule has 1 nitrogen and oxygen atoms in total. The van der Waals surface area contributed by atoms with Gasteiger partial charge >= 0.3 is 0 Å². The number of hydrogen-bond donors (Lipinski definition) is 0. The van der Waals surface area contributed by atoms with Crippen LogP contribution in [-0.2, 0) is 13.0 Å². The van der Waals surface area contributed by atoms with E-state index in [1.54, 1.807) is 0 Å². The molecule has 1 heterocycles. The van der Waals surface area contributed by atoms with E-state index in [1.807, 2.05) is 0 Å². The molecule has 0 amide bonds. The van der Waals surface area contributed by atoms with E-state index in [0.29, 0.717) is 0 Å². The fourth-order valence-corrected chi connectivity index (χ4v) is 3.74. The maximum absolute atomic E-state index is 2.63. The zero-order valence-corrected chi connectivity index (χ0v) is 15.1. The van der Waals surface area contributed by atoms with Crippen molar-refractivity contribution >= 4 is 0 Å². The quantitative estimate of drug-likeness (QED) is 0.559. The van der Waals surface area contributed by atoms with Crippen LogP contribution in [0, 0.1) is 0 Å². The van der Waals surface area contributed by atoms with E-state index < -0.39 is 0 Å². The lowest BCUT2D eigenvalue weighted by atomic mass is 9.94. The summed E-state index contributed by atoms with van der Waals surface area (Å²) in [5.41, 5.74) is 5.78. The van der Waals surface area contributed by atoms with Gasteiger partial charge in [0.15, 0.2) is 0 Å². The smallest absolute Gasteiger partial charge is 0.0239 e. The van der Waals surface area contributed by atoms with Gasteiger partial charge in [-0.15, -0.1) is 0 Å². The number of likely N-dealkylation sites (tertiary alicyclic amines) is 1. The van der Waals surface area contributed by atoms with E-state index in [9.17, 15) is 0 Å². The highest BCUT2D eigenvalue weighted by molar-refractivity contribution is 5.68. The maximum Gasteiger partial charge on any atom is 0.0239 e. The summed E-state index contributed by atoms with van der Waals surface area (Å²) in [6.07, 6.45) is 9.24. The summed E-state index contributed by atoms with van der Waals surface area (Å²) in [6.45, 7) is 5.88. The lowest BCUT2D eigenvalue weighted by Crippen LogP contribution is -2.29. The summed E-state index contributed by atoms with van der Waals surface area (Å²) in [4.78, 5) is 2.63. The van der Waals surface area contributed by atoms with Crippen LogP contribution in [-0.4, -0.2) is 18.0 Å². The molecular formula is C23H31N. The van der Waals surface area contributed by atoms with Crippen molar-refractivity contribution in [3.8, 4) is 11.1 Å². The third-order valence-corrected chi connectivity index (χ3v) is 5.17. The van der Waals surface area contributed by atoms with Gasteiger partial charge in [-0.3, -0.25) is 4.90 Å². The standard InChI is InChI=1S/C23H31N/c1-2-3-6-11-20-14-15-22(19-24-16-9-5-10-17-24)23(18-20)21-12-7-4-8-13-21/h4,7-8,12-15,18H,2-3,5-6,9-11,16-17,19H2,1H3. The third kappa shape index (κ3) is 4.70. The molecule has 1 saturated heterocycles. The first kappa shape index (κ1) is 17.2. The normalized spacial score (nSPS) is 15.5. The fraction of sp³-hybridized carbons (Fsp3) is 0.478. The van der Waals surface area contributed by atoms with Crippen LogP contribution >= 0.6 is 0 Å². The summed E-state index contributed by atoms with van der Waals surface area (Å²) >= 11 is 0. The Morgan fingerprint density at radius 3 is 2.42 bits per heavy atom. The minimum absolute atomic E-state index is 1.10. The zero-order valence-electron chi connectivity index (χ0n) is 15.1. The first-order valence-corrected chi connectivity index (χ1v) is 9.76. The lowest BCUT2D eigenvalue weighted by Gasteiger charge is -2.27. The Hall–Kier alpha value is -1.60.